The van der Waals surface area contributed by atoms with Crippen molar-refractivity contribution in [3.05, 3.63) is 23.8 Å². The molecule has 0 radical (unpaired) electrons. The van der Waals surface area contributed by atoms with E-state index in [9.17, 15) is 4.79 Å². The standard InChI is InChI=1S/C21H29N4O.ClH/c1-25(14-3-2-4-15-25)16-8-11-23(12-9-16)21-22-18-7-5-6-17-19(26)10-13-24(21)20(17)18;/h5-7,16H,2-4,8-15H2,1H3;1H/q+1;/p-1. The highest BCUT2D eigenvalue weighted by Gasteiger charge is 2.37. The number of aromatic nitrogens is 2. The fourth-order valence-corrected chi connectivity index (χ4v) is 5.49. The fraction of sp³-hybridized carbons (Fsp3) is 0.619. The van der Waals surface area contributed by atoms with Crippen LogP contribution in [0.2, 0.25) is 0 Å². The van der Waals surface area contributed by atoms with Crippen LogP contribution in [-0.2, 0) is 6.54 Å². The lowest BCUT2D eigenvalue weighted by molar-refractivity contribution is -0.938. The summed E-state index contributed by atoms with van der Waals surface area (Å²) in [5.41, 5.74) is 2.88. The molecule has 0 aliphatic carbocycles. The van der Waals surface area contributed by atoms with Crippen molar-refractivity contribution < 1.29 is 21.7 Å². The van der Waals surface area contributed by atoms with Crippen LogP contribution in [0.15, 0.2) is 18.2 Å². The maximum Gasteiger partial charge on any atom is 0.206 e. The highest BCUT2D eigenvalue weighted by Crippen LogP contribution is 2.33. The van der Waals surface area contributed by atoms with E-state index in [-0.39, 0.29) is 18.2 Å². The summed E-state index contributed by atoms with van der Waals surface area (Å²) in [7, 11) is 2.48. The molecule has 0 amide bonds. The second kappa shape index (κ2) is 7.10. The summed E-state index contributed by atoms with van der Waals surface area (Å²) in [4.78, 5) is 19.6. The molecule has 1 aromatic heterocycles. The summed E-state index contributed by atoms with van der Waals surface area (Å²) < 4.78 is 3.58. The van der Waals surface area contributed by atoms with Crippen molar-refractivity contribution in [1.29, 1.82) is 0 Å². The van der Waals surface area contributed by atoms with Crippen molar-refractivity contribution >= 4 is 22.8 Å². The van der Waals surface area contributed by atoms with Gasteiger partial charge < -0.3 is 26.4 Å². The SMILES string of the molecule is C[N+]1(C2CCN(c3nc4cccc5c4n3CCC5=O)CC2)CCCCC1.[Cl-]. The molecule has 0 N–H and O–H groups in total. The average Bonchev–Trinajstić information content (AvgIpc) is 3.05. The Morgan fingerprint density at radius 1 is 1.07 bits per heavy atom. The molecule has 6 heteroatoms. The third-order valence-electron chi connectivity index (χ3n) is 7.08. The molecule has 3 aliphatic heterocycles. The van der Waals surface area contributed by atoms with E-state index in [4.69, 9.17) is 4.98 Å². The Morgan fingerprint density at radius 2 is 1.81 bits per heavy atom. The summed E-state index contributed by atoms with van der Waals surface area (Å²) in [5.74, 6) is 1.34. The van der Waals surface area contributed by atoms with Gasteiger partial charge in [0.1, 0.15) is 0 Å². The van der Waals surface area contributed by atoms with Crippen LogP contribution in [-0.4, -0.2) is 59.1 Å². The van der Waals surface area contributed by atoms with E-state index in [0.29, 0.717) is 6.42 Å². The minimum atomic E-state index is 0. The van der Waals surface area contributed by atoms with E-state index < -0.39 is 0 Å². The number of carbonyl (C=O) groups is 1. The van der Waals surface area contributed by atoms with Gasteiger partial charge in [-0.25, -0.2) is 4.98 Å². The van der Waals surface area contributed by atoms with Crippen LogP contribution in [0.5, 0.6) is 0 Å². The lowest BCUT2D eigenvalue weighted by Crippen LogP contribution is -3.00. The Morgan fingerprint density at radius 3 is 2.56 bits per heavy atom. The molecule has 27 heavy (non-hydrogen) atoms. The molecule has 2 saturated heterocycles. The minimum absolute atomic E-state index is 0. The zero-order valence-corrected chi connectivity index (χ0v) is 16.9. The number of piperidine rings is 2. The van der Waals surface area contributed by atoms with Gasteiger partial charge in [-0.3, -0.25) is 4.79 Å². The van der Waals surface area contributed by atoms with Gasteiger partial charge in [0.25, 0.3) is 0 Å². The summed E-state index contributed by atoms with van der Waals surface area (Å²) in [5, 5.41) is 0. The Labute approximate surface area is 167 Å². The summed E-state index contributed by atoms with van der Waals surface area (Å²) in [6.45, 7) is 5.66. The molecule has 2 aromatic rings. The van der Waals surface area contributed by atoms with Crippen molar-refractivity contribution in [1.82, 2.24) is 9.55 Å². The number of hydrogen-bond acceptors (Lipinski definition) is 3. The molecule has 146 valence electrons. The van der Waals surface area contributed by atoms with Gasteiger partial charge in [0.05, 0.1) is 37.2 Å². The van der Waals surface area contributed by atoms with Crippen molar-refractivity contribution in [3.8, 4) is 0 Å². The van der Waals surface area contributed by atoms with E-state index in [2.05, 4.69) is 16.5 Å². The zero-order valence-electron chi connectivity index (χ0n) is 16.2. The first-order chi connectivity index (χ1) is 12.7. The summed E-state index contributed by atoms with van der Waals surface area (Å²) in [6, 6.07) is 6.77. The number of para-hydroxylation sites is 1. The van der Waals surface area contributed by atoms with Gasteiger partial charge in [-0.15, -0.1) is 0 Å². The Hall–Kier alpha value is -1.59. The molecular weight excluding hydrogens is 360 g/mol. The fourth-order valence-electron chi connectivity index (χ4n) is 5.49. The van der Waals surface area contributed by atoms with Gasteiger partial charge in [0, 0.05) is 44.5 Å². The molecule has 0 saturated carbocycles. The van der Waals surface area contributed by atoms with Gasteiger partial charge >= 0.3 is 0 Å². The number of aryl methyl sites for hydroxylation is 1. The number of Topliss-reactive ketones (excluding diaryl/α,β-unsaturated/α-hetero) is 1. The molecule has 0 atom stereocenters. The van der Waals surface area contributed by atoms with Gasteiger partial charge in [-0.2, -0.15) is 0 Å². The first-order valence-electron chi connectivity index (χ1n) is 10.3. The highest BCUT2D eigenvalue weighted by molar-refractivity contribution is 6.08. The first kappa shape index (κ1) is 18.8. The van der Waals surface area contributed by atoms with Crippen LogP contribution in [0, 0.1) is 0 Å². The number of ketones is 1. The number of anilines is 1. The van der Waals surface area contributed by atoms with E-state index in [1.54, 1.807) is 0 Å². The smallest absolute Gasteiger partial charge is 0.206 e. The molecule has 0 unspecified atom stereocenters. The van der Waals surface area contributed by atoms with Gasteiger partial charge in [-0.05, 0) is 31.4 Å². The normalized spacial score (nSPS) is 22.7. The number of halogens is 1. The molecule has 1 aromatic carbocycles. The number of imidazole rings is 1. The number of carbonyl (C=O) groups excluding carboxylic acids is 1. The summed E-state index contributed by atoms with van der Waals surface area (Å²) in [6.07, 6.45) is 7.31. The maximum absolute atomic E-state index is 12.3. The lowest BCUT2D eigenvalue weighted by atomic mass is 9.97. The van der Waals surface area contributed by atoms with E-state index >= 15 is 0 Å². The quantitative estimate of drug-likeness (QED) is 0.691. The second-order valence-electron chi connectivity index (χ2n) is 8.62. The molecule has 5 rings (SSSR count). The zero-order chi connectivity index (χ0) is 17.7. The van der Waals surface area contributed by atoms with E-state index in [1.165, 1.54) is 49.7 Å². The molecule has 0 spiro atoms. The van der Waals surface area contributed by atoms with Crippen molar-refractivity contribution in [3.63, 3.8) is 0 Å². The van der Waals surface area contributed by atoms with E-state index in [0.717, 1.165) is 48.2 Å². The lowest BCUT2D eigenvalue weighted by Gasteiger charge is -2.47. The van der Waals surface area contributed by atoms with Crippen LogP contribution < -0.4 is 17.3 Å². The molecule has 5 nitrogen and oxygen atoms in total. The van der Waals surface area contributed by atoms with Crippen LogP contribution in [0.4, 0.5) is 5.95 Å². The number of benzene rings is 1. The second-order valence-corrected chi connectivity index (χ2v) is 8.62. The largest absolute Gasteiger partial charge is 1.00 e. The Kier molecular flexibility index (Phi) is 4.93. The monoisotopic (exact) mass is 388 g/mol. The van der Waals surface area contributed by atoms with Gasteiger partial charge in [0.2, 0.25) is 5.95 Å². The third-order valence-corrected chi connectivity index (χ3v) is 7.08. The van der Waals surface area contributed by atoms with E-state index in [1.807, 2.05) is 18.2 Å². The van der Waals surface area contributed by atoms with Crippen molar-refractivity contribution in [2.75, 3.05) is 38.1 Å². The minimum Gasteiger partial charge on any atom is -1.00 e. The Balaban J connectivity index is 0.00000180. The third kappa shape index (κ3) is 3.05. The molecule has 4 heterocycles. The number of rotatable bonds is 2. The van der Waals surface area contributed by atoms with Crippen molar-refractivity contribution in [2.24, 2.45) is 0 Å². The maximum atomic E-state index is 12.3. The molecule has 3 aliphatic rings. The van der Waals surface area contributed by atoms with Crippen LogP contribution in [0.3, 0.4) is 0 Å². The Bertz CT molecular complexity index is 847. The average molecular weight is 389 g/mol. The van der Waals surface area contributed by atoms with Crippen LogP contribution in [0.1, 0.15) is 48.9 Å². The predicted octanol–water partition coefficient (Wildman–Crippen LogP) is 0.226. The van der Waals surface area contributed by atoms with Gasteiger partial charge in [-0.1, -0.05) is 6.07 Å². The summed E-state index contributed by atoms with van der Waals surface area (Å²) >= 11 is 0. The van der Waals surface area contributed by atoms with Crippen LogP contribution >= 0.6 is 0 Å². The topological polar surface area (TPSA) is 38.1 Å². The number of nitrogens with zero attached hydrogens (tertiary/aromatic N) is 4. The van der Waals surface area contributed by atoms with Crippen molar-refractivity contribution in [2.45, 2.75) is 51.1 Å². The molecule has 2 fully saturated rings. The number of likely N-dealkylation sites (tertiary alicyclic amines) is 1. The van der Waals surface area contributed by atoms with Gasteiger partial charge in [0.15, 0.2) is 5.78 Å². The molecule has 0 bridgehead atoms. The highest BCUT2D eigenvalue weighted by atomic mass is 35.5. The predicted molar refractivity (Wildman–Crippen MR) is 104 cm³/mol. The van der Waals surface area contributed by atoms with Crippen LogP contribution in [0.25, 0.3) is 11.0 Å². The number of quaternary nitrogens is 1. The molecular formula is C21H29ClN4O. The first-order valence-corrected chi connectivity index (χ1v) is 10.3. The number of hydrogen-bond donors (Lipinski definition) is 0.